The van der Waals surface area contributed by atoms with Crippen molar-refractivity contribution in [1.29, 1.82) is 0 Å². The van der Waals surface area contributed by atoms with Crippen molar-refractivity contribution < 1.29 is 22.7 Å². The first-order valence-corrected chi connectivity index (χ1v) is 14.3. The molecule has 0 aliphatic carbocycles. The van der Waals surface area contributed by atoms with Crippen molar-refractivity contribution in [3.63, 3.8) is 0 Å². The SMILES string of the molecule is CCCCOC(=O)CN(c1ccc2c(C(=O)N3CCCC3)cn(C)c2c1)S(=O)(=O)c1cc(Cl)cc(Cl)c1. The smallest absolute Gasteiger partial charge is 0.326 e. The number of hydrogen-bond donors (Lipinski definition) is 0. The zero-order valence-corrected chi connectivity index (χ0v) is 23.1. The number of esters is 1. The largest absolute Gasteiger partial charge is 0.464 e. The van der Waals surface area contributed by atoms with Gasteiger partial charge in [0.15, 0.2) is 0 Å². The molecule has 4 rings (SSSR count). The van der Waals surface area contributed by atoms with Crippen molar-refractivity contribution in [2.24, 2.45) is 7.05 Å². The molecule has 1 aliphatic heterocycles. The van der Waals surface area contributed by atoms with Crippen LogP contribution in [0.3, 0.4) is 0 Å². The van der Waals surface area contributed by atoms with Gasteiger partial charge < -0.3 is 14.2 Å². The molecule has 0 atom stereocenters. The van der Waals surface area contributed by atoms with Crippen LogP contribution < -0.4 is 4.31 Å². The van der Waals surface area contributed by atoms with Crippen LogP contribution in [0.25, 0.3) is 10.9 Å². The molecule has 11 heteroatoms. The van der Waals surface area contributed by atoms with Crippen LogP contribution in [0.1, 0.15) is 43.0 Å². The normalized spacial score (nSPS) is 13.8. The van der Waals surface area contributed by atoms with Crippen LogP contribution in [0, 0.1) is 0 Å². The highest BCUT2D eigenvalue weighted by Gasteiger charge is 2.30. The second-order valence-electron chi connectivity index (χ2n) is 9.05. The number of halogens is 2. The Kier molecular flexibility index (Phi) is 8.36. The number of hydrogen-bond acceptors (Lipinski definition) is 5. The second kappa shape index (κ2) is 11.3. The Hall–Kier alpha value is -2.75. The molecule has 0 spiro atoms. The third kappa shape index (κ3) is 5.89. The molecule has 1 aromatic heterocycles. The van der Waals surface area contributed by atoms with E-state index in [1.54, 1.807) is 36.0 Å². The first kappa shape index (κ1) is 27.3. The summed E-state index contributed by atoms with van der Waals surface area (Å²) in [5.74, 6) is -0.726. The minimum Gasteiger partial charge on any atom is -0.464 e. The Morgan fingerprint density at radius 2 is 1.73 bits per heavy atom. The molecule has 0 unspecified atom stereocenters. The van der Waals surface area contributed by atoms with Gasteiger partial charge in [0.05, 0.1) is 28.3 Å². The maximum Gasteiger partial charge on any atom is 0.326 e. The summed E-state index contributed by atoms with van der Waals surface area (Å²) in [6.07, 6.45) is 5.22. The molecule has 2 aromatic carbocycles. The minimum atomic E-state index is -4.25. The summed E-state index contributed by atoms with van der Waals surface area (Å²) in [5, 5.41) is 1.01. The number of fused-ring (bicyclic) bond motifs is 1. The number of benzene rings is 2. The zero-order valence-electron chi connectivity index (χ0n) is 20.7. The molecular weight excluding hydrogens is 537 g/mol. The molecule has 0 bridgehead atoms. The predicted octanol–water partition coefficient (Wildman–Crippen LogP) is 5.26. The van der Waals surface area contributed by atoms with E-state index in [2.05, 4.69) is 0 Å². The maximum absolute atomic E-state index is 13.7. The molecule has 37 heavy (non-hydrogen) atoms. The van der Waals surface area contributed by atoms with Crippen LogP contribution in [-0.4, -0.2) is 56.0 Å². The van der Waals surface area contributed by atoms with E-state index < -0.39 is 22.5 Å². The molecule has 2 heterocycles. The number of carbonyl (C=O) groups is 2. The average Bonchev–Trinajstić information content (AvgIpc) is 3.50. The molecule has 1 amide bonds. The predicted molar refractivity (Wildman–Crippen MR) is 145 cm³/mol. The first-order valence-electron chi connectivity index (χ1n) is 12.1. The van der Waals surface area contributed by atoms with Crippen LogP contribution in [0.2, 0.25) is 10.0 Å². The fourth-order valence-electron chi connectivity index (χ4n) is 4.40. The van der Waals surface area contributed by atoms with Crippen molar-refractivity contribution in [3.8, 4) is 0 Å². The summed E-state index contributed by atoms with van der Waals surface area (Å²) >= 11 is 12.2. The Morgan fingerprint density at radius 3 is 2.38 bits per heavy atom. The lowest BCUT2D eigenvalue weighted by Crippen LogP contribution is -2.36. The molecule has 1 saturated heterocycles. The van der Waals surface area contributed by atoms with E-state index in [1.165, 1.54) is 18.2 Å². The average molecular weight is 567 g/mol. The third-order valence-electron chi connectivity index (χ3n) is 6.34. The van der Waals surface area contributed by atoms with Crippen molar-refractivity contribution in [3.05, 3.63) is 58.2 Å². The van der Waals surface area contributed by atoms with Gasteiger partial charge in [0.25, 0.3) is 15.9 Å². The van der Waals surface area contributed by atoms with E-state index in [0.29, 0.717) is 22.9 Å². The van der Waals surface area contributed by atoms with Gasteiger partial charge >= 0.3 is 5.97 Å². The lowest BCUT2D eigenvalue weighted by molar-refractivity contribution is -0.141. The van der Waals surface area contributed by atoms with E-state index in [4.69, 9.17) is 27.9 Å². The minimum absolute atomic E-state index is 0.0478. The Balaban J connectivity index is 1.76. The molecule has 198 valence electrons. The zero-order chi connectivity index (χ0) is 26.7. The lowest BCUT2D eigenvalue weighted by Gasteiger charge is -2.24. The van der Waals surface area contributed by atoms with Gasteiger partial charge in [-0.05, 0) is 55.7 Å². The molecule has 1 aliphatic rings. The molecule has 1 fully saturated rings. The van der Waals surface area contributed by atoms with Gasteiger partial charge in [-0.15, -0.1) is 0 Å². The van der Waals surface area contributed by atoms with E-state index >= 15 is 0 Å². The van der Waals surface area contributed by atoms with E-state index in [0.717, 1.165) is 36.7 Å². The van der Waals surface area contributed by atoms with Crippen LogP contribution in [0.4, 0.5) is 5.69 Å². The Morgan fingerprint density at radius 1 is 1.05 bits per heavy atom. The quantitative estimate of drug-likeness (QED) is 0.261. The van der Waals surface area contributed by atoms with Gasteiger partial charge in [-0.2, -0.15) is 0 Å². The number of likely N-dealkylation sites (tertiary alicyclic amines) is 1. The second-order valence-corrected chi connectivity index (χ2v) is 11.8. The van der Waals surface area contributed by atoms with Crippen LogP contribution in [0.5, 0.6) is 0 Å². The molecule has 0 radical (unpaired) electrons. The summed E-state index contributed by atoms with van der Waals surface area (Å²) in [7, 11) is -2.46. The number of rotatable bonds is 9. The molecule has 0 saturated carbocycles. The third-order valence-corrected chi connectivity index (χ3v) is 8.53. The summed E-state index contributed by atoms with van der Waals surface area (Å²) in [4.78, 5) is 27.4. The van der Waals surface area contributed by atoms with Gasteiger partial charge in [0.1, 0.15) is 6.54 Å². The fraction of sp³-hybridized carbons (Fsp3) is 0.385. The van der Waals surface area contributed by atoms with Crippen molar-refractivity contribution in [2.75, 3.05) is 30.5 Å². The number of amides is 1. The number of aromatic nitrogens is 1. The van der Waals surface area contributed by atoms with Crippen molar-refractivity contribution in [1.82, 2.24) is 9.47 Å². The van der Waals surface area contributed by atoms with Crippen LogP contribution in [-0.2, 0) is 26.6 Å². The number of anilines is 1. The van der Waals surface area contributed by atoms with E-state index in [1.807, 2.05) is 11.8 Å². The molecule has 0 N–H and O–H groups in total. The molecular formula is C26H29Cl2N3O5S. The monoisotopic (exact) mass is 565 g/mol. The Bertz CT molecular complexity index is 1410. The summed E-state index contributed by atoms with van der Waals surface area (Å²) < 4.78 is 35.5. The maximum atomic E-state index is 13.7. The number of carbonyl (C=O) groups excluding carboxylic acids is 2. The van der Waals surface area contributed by atoms with Gasteiger partial charge in [0, 0.05) is 41.8 Å². The Labute approximate surface area is 226 Å². The van der Waals surface area contributed by atoms with Crippen LogP contribution >= 0.6 is 23.2 Å². The highest BCUT2D eigenvalue weighted by Crippen LogP contribution is 2.32. The van der Waals surface area contributed by atoms with Gasteiger partial charge in [-0.1, -0.05) is 36.5 Å². The van der Waals surface area contributed by atoms with E-state index in [9.17, 15) is 18.0 Å². The van der Waals surface area contributed by atoms with Crippen molar-refractivity contribution in [2.45, 2.75) is 37.5 Å². The number of unbranched alkanes of at least 4 members (excludes halogenated alkanes) is 1. The number of ether oxygens (including phenoxy) is 1. The summed E-state index contributed by atoms with van der Waals surface area (Å²) in [6.45, 7) is 3.07. The van der Waals surface area contributed by atoms with Gasteiger partial charge in [-0.25, -0.2) is 8.42 Å². The van der Waals surface area contributed by atoms with E-state index in [-0.39, 0.29) is 33.1 Å². The highest BCUT2D eigenvalue weighted by atomic mass is 35.5. The molecule has 8 nitrogen and oxygen atoms in total. The van der Waals surface area contributed by atoms with Gasteiger partial charge in [0.2, 0.25) is 0 Å². The summed E-state index contributed by atoms with van der Waals surface area (Å²) in [6, 6.07) is 8.95. The topological polar surface area (TPSA) is 88.9 Å². The summed E-state index contributed by atoms with van der Waals surface area (Å²) in [5.41, 5.74) is 1.46. The van der Waals surface area contributed by atoms with Crippen molar-refractivity contribution >= 4 is 61.7 Å². The fourth-order valence-corrected chi connectivity index (χ4v) is 6.53. The lowest BCUT2D eigenvalue weighted by atomic mass is 10.1. The highest BCUT2D eigenvalue weighted by molar-refractivity contribution is 7.92. The molecule has 3 aromatic rings. The van der Waals surface area contributed by atoms with Gasteiger partial charge in [-0.3, -0.25) is 13.9 Å². The number of sulfonamides is 1. The number of nitrogens with zero attached hydrogens (tertiary/aromatic N) is 3. The standard InChI is InChI=1S/C26H29Cl2N3O5S/c1-3-4-11-36-25(32)17-31(37(34,35)21-13-18(27)12-19(28)14-21)20-7-8-22-23(16-29(2)24(22)15-20)26(33)30-9-5-6-10-30/h7-8,12-16H,3-6,9-11,17H2,1-2H3. The van der Waals surface area contributed by atoms with Crippen LogP contribution in [0.15, 0.2) is 47.5 Å². The number of aryl methyl sites for hydroxylation is 1. The first-order chi connectivity index (χ1) is 17.6.